The topological polar surface area (TPSA) is 50.7 Å². The number of halogens is 4. The van der Waals surface area contributed by atoms with Gasteiger partial charge in [0.25, 0.3) is 0 Å². The first-order valence-electron chi connectivity index (χ1n) is 8.31. The number of benzene rings is 2. The fourth-order valence-corrected chi connectivity index (χ4v) is 3.46. The number of hydrogen-bond donors (Lipinski definition) is 2. The number of aliphatic hydroxyl groups excluding tert-OH is 1. The van der Waals surface area contributed by atoms with Gasteiger partial charge in [0.2, 0.25) is 0 Å². The predicted molar refractivity (Wildman–Crippen MR) is 97.3 cm³/mol. The Bertz CT molecular complexity index is 724. The van der Waals surface area contributed by atoms with Crippen LogP contribution in [0.25, 0.3) is 0 Å². The minimum absolute atomic E-state index is 0. The Kier molecular flexibility index (Phi) is 7.11. The zero-order chi connectivity index (χ0) is 18.6. The van der Waals surface area contributed by atoms with E-state index in [4.69, 9.17) is 4.74 Å². The molecule has 2 aromatic rings. The normalized spacial score (nSPS) is 19.6. The van der Waals surface area contributed by atoms with Gasteiger partial charge in [-0.2, -0.15) is 0 Å². The molecule has 148 valence electrons. The van der Waals surface area contributed by atoms with E-state index in [1.54, 1.807) is 36.4 Å². The van der Waals surface area contributed by atoms with E-state index in [0.29, 0.717) is 25.3 Å². The standard InChI is InChI=1S/C19H20F3NO3.ClH/c20-19(21,22)26-16-9-5-4-8-15(16)18(13-24,14-6-2-1-3-7-14)17-12-23-10-11-25-17;/h1-9,17,23-24H,10-13H2;1H. The molecule has 0 spiro atoms. The molecular weight excluding hydrogens is 383 g/mol. The van der Waals surface area contributed by atoms with Crippen LogP contribution in [0.15, 0.2) is 54.6 Å². The molecule has 0 bridgehead atoms. The number of para-hydroxylation sites is 1. The van der Waals surface area contributed by atoms with Crippen molar-refractivity contribution in [1.82, 2.24) is 5.32 Å². The predicted octanol–water partition coefficient (Wildman–Crippen LogP) is 3.27. The van der Waals surface area contributed by atoms with Crippen LogP contribution >= 0.6 is 12.4 Å². The molecule has 0 radical (unpaired) electrons. The maximum absolute atomic E-state index is 12.9. The van der Waals surface area contributed by atoms with Crippen LogP contribution in [-0.4, -0.2) is 43.9 Å². The van der Waals surface area contributed by atoms with E-state index < -0.39 is 24.5 Å². The third-order valence-electron chi connectivity index (χ3n) is 4.61. The molecule has 0 aromatic heterocycles. The van der Waals surface area contributed by atoms with Crippen LogP contribution in [-0.2, 0) is 10.2 Å². The number of hydrogen-bond acceptors (Lipinski definition) is 4. The highest BCUT2D eigenvalue weighted by atomic mass is 35.5. The van der Waals surface area contributed by atoms with Gasteiger partial charge in [-0.05, 0) is 11.6 Å². The minimum atomic E-state index is -4.83. The summed E-state index contributed by atoms with van der Waals surface area (Å²) in [7, 11) is 0. The van der Waals surface area contributed by atoms with Gasteiger partial charge < -0.3 is 19.9 Å². The van der Waals surface area contributed by atoms with Gasteiger partial charge >= 0.3 is 6.36 Å². The Hall–Kier alpha value is -1.80. The number of aliphatic hydroxyl groups is 1. The van der Waals surface area contributed by atoms with Crippen LogP contribution < -0.4 is 10.1 Å². The number of rotatable bonds is 5. The summed E-state index contributed by atoms with van der Waals surface area (Å²) in [5.74, 6) is -0.341. The first-order valence-corrected chi connectivity index (χ1v) is 8.31. The lowest BCUT2D eigenvalue weighted by Crippen LogP contribution is -2.54. The van der Waals surface area contributed by atoms with Gasteiger partial charge in [-0.25, -0.2) is 0 Å². The Morgan fingerprint density at radius 1 is 1.07 bits per heavy atom. The Balaban J connectivity index is 0.00000261. The van der Waals surface area contributed by atoms with Crippen molar-refractivity contribution < 1.29 is 27.8 Å². The summed E-state index contributed by atoms with van der Waals surface area (Å²) < 4.78 is 48.9. The third-order valence-corrected chi connectivity index (χ3v) is 4.61. The van der Waals surface area contributed by atoms with Gasteiger partial charge in [-0.3, -0.25) is 0 Å². The van der Waals surface area contributed by atoms with Crippen LogP contribution in [0.2, 0.25) is 0 Å². The fourth-order valence-electron chi connectivity index (χ4n) is 3.46. The number of alkyl halides is 3. The van der Waals surface area contributed by atoms with Gasteiger partial charge in [0.05, 0.1) is 24.7 Å². The SMILES string of the molecule is Cl.OCC(c1ccccc1)(c1ccccc1OC(F)(F)F)C1CNCCO1. The summed E-state index contributed by atoms with van der Waals surface area (Å²) in [4.78, 5) is 0. The van der Waals surface area contributed by atoms with E-state index >= 15 is 0 Å². The quantitative estimate of drug-likeness (QED) is 0.804. The zero-order valence-electron chi connectivity index (χ0n) is 14.4. The van der Waals surface area contributed by atoms with Gasteiger partial charge in [0, 0.05) is 18.7 Å². The average molecular weight is 404 g/mol. The summed E-state index contributed by atoms with van der Waals surface area (Å²) in [6.45, 7) is 1.02. The van der Waals surface area contributed by atoms with Gasteiger partial charge in [-0.1, -0.05) is 48.5 Å². The summed E-state index contributed by atoms with van der Waals surface area (Å²) >= 11 is 0. The summed E-state index contributed by atoms with van der Waals surface area (Å²) in [5.41, 5.74) is -0.301. The van der Waals surface area contributed by atoms with E-state index in [-0.39, 0.29) is 23.7 Å². The molecule has 3 rings (SSSR count). The van der Waals surface area contributed by atoms with Crippen LogP contribution in [0.4, 0.5) is 13.2 Å². The van der Waals surface area contributed by atoms with E-state index in [9.17, 15) is 18.3 Å². The molecular formula is C19H21ClF3NO3. The molecule has 0 saturated carbocycles. The lowest BCUT2D eigenvalue weighted by molar-refractivity contribution is -0.275. The second-order valence-electron chi connectivity index (χ2n) is 6.10. The lowest BCUT2D eigenvalue weighted by Gasteiger charge is -2.42. The van der Waals surface area contributed by atoms with Crippen molar-refractivity contribution in [1.29, 1.82) is 0 Å². The second kappa shape index (κ2) is 8.93. The summed E-state index contributed by atoms with van der Waals surface area (Å²) in [6, 6.07) is 14.8. The fraction of sp³-hybridized carbons (Fsp3) is 0.368. The van der Waals surface area contributed by atoms with Gasteiger partial charge in [0.1, 0.15) is 5.75 Å². The van der Waals surface area contributed by atoms with Crippen LogP contribution in [0.5, 0.6) is 5.75 Å². The number of morpholine rings is 1. The lowest BCUT2D eigenvalue weighted by atomic mass is 9.70. The molecule has 4 nitrogen and oxygen atoms in total. The van der Waals surface area contributed by atoms with E-state index in [2.05, 4.69) is 10.1 Å². The monoisotopic (exact) mass is 403 g/mol. The van der Waals surface area contributed by atoms with Crippen molar-refractivity contribution in [2.45, 2.75) is 17.9 Å². The Morgan fingerprint density at radius 3 is 2.33 bits per heavy atom. The highest BCUT2D eigenvalue weighted by Gasteiger charge is 2.46. The molecule has 0 amide bonds. The molecule has 1 aliphatic rings. The third kappa shape index (κ3) is 4.55. The van der Waals surface area contributed by atoms with E-state index in [0.717, 1.165) is 0 Å². The summed E-state index contributed by atoms with van der Waals surface area (Å²) in [5, 5.41) is 13.6. The average Bonchev–Trinajstić information content (AvgIpc) is 2.65. The molecule has 1 fully saturated rings. The van der Waals surface area contributed by atoms with Crippen molar-refractivity contribution in [3.63, 3.8) is 0 Å². The summed E-state index contributed by atoms with van der Waals surface area (Å²) in [6.07, 6.45) is -5.39. The maximum Gasteiger partial charge on any atom is 0.573 e. The van der Waals surface area contributed by atoms with Crippen LogP contribution in [0.1, 0.15) is 11.1 Å². The Morgan fingerprint density at radius 2 is 1.74 bits per heavy atom. The molecule has 2 aromatic carbocycles. The van der Waals surface area contributed by atoms with Crippen molar-refractivity contribution >= 4 is 12.4 Å². The first kappa shape index (κ1) is 21.5. The van der Waals surface area contributed by atoms with Crippen molar-refractivity contribution in [2.75, 3.05) is 26.3 Å². The van der Waals surface area contributed by atoms with Crippen molar-refractivity contribution in [3.05, 3.63) is 65.7 Å². The number of ether oxygens (including phenoxy) is 2. The van der Waals surface area contributed by atoms with Gasteiger partial charge in [0.15, 0.2) is 0 Å². The van der Waals surface area contributed by atoms with Gasteiger partial charge in [-0.15, -0.1) is 25.6 Å². The first-order chi connectivity index (χ1) is 12.5. The molecule has 2 atom stereocenters. The molecule has 0 aliphatic carbocycles. The Labute approximate surface area is 161 Å². The zero-order valence-corrected chi connectivity index (χ0v) is 15.2. The molecule has 27 heavy (non-hydrogen) atoms. The molecule has 2 unspecified atom stereocenters. The molecule has 1 heterocycles. The van der Waals surface area contributed by atoms with Crippen LogP contribution in [0.3, 0.4) is 0 Å². The highest BCUT2D eigenvalue weighted by molar-refractivity contribution is 5.85. The van der Waals surface area contributed by atoms with Crippen LogP contribution in [0, 0.1) is 0 Å². The van der Waals surface area contributed by atoms with E-state index in [1.807, 2.05) is 6.07 Å². The number of nitrogens with one attached hydrogen (secondary N) is 1. The van der Waals surface area contributed by atoms with Crippen molar-refractivity contribution in [3.8, 4) is 5.75 Å². The second-order valence-corrected chi connectivity index (χ2v) is 6.10. The van der Waals surface area contributed by atoms with E-state index in [1.165, 1.54) is 12.1 Å². The molecule has 1 saturated heterocycles. The molecule has 1 aliphatic heterocycles. The molecule has 8 heteroatoms. The molecule has 2 N–H and O–H groups in total. The smallest absolute Gasteiger partial charge is 0.405 e. The largest absolute Gasteiger partial charge is 0.573 e. The maximum atomic E-state index is 12.9. The highest BCUT2D eigenvalue weighted by Crippen LogP contribution is 2.43. The minimum Gasteiger partial charge on any atom is -0.405 e. The van der Waals surface area contributed by atoms with Crippen molar-refractivity contribution in [2.24, 2.45) is 0 Å².